The predicted molar refractivity (Wildman–Crippen MR) is 137 cm³/mol. The molecule has 0 aliphatic rings. The van der Waals surface area contributed by atoms with Crippen LogP contribution in [0.25, 0.3) is 17.4 Å². The average molecular weight is 581 g/mol. The van der Waals surface area contributed by atoms with Gasteiger partial charge in [-0.2, -0.15) is 0 Å². The molecular weight excluding hydrogens is 563 g/mol. The van der Waals surface area contributed by atoms with Crippen LogP contribution in [-0.4, -0.2) is 18.1 Å². The number of rotatable bonds is 8. The molecule has 0 saturated carbocycles. The molecule has 164 valence electrons. The van der Waals surface area contributed by atoms with Crippen molar-refractivity contribution in [2.45, 2.75) is 13.3 Å². The van der Waals surface area contributed by atoms with Crippen molar-refractivity contribution >= 4 is 70.3 Å². The molecule has 0 saturated heterocycles. The largest absolute Gasteiger partial charge is 0.457 e. The summed E-state index contributed by atoms with van der Waals surface area (Å²) >= 11 is 5.24. The fourth-order valence-corrected chi connectivity index (χ4v) is 4.15. The topological polar surface area (TPSA) is 88.4 Å². The number of nitrogens with one attached hydrogen (secondary N) is 2. The Bertz CT molecular complexity index is 1220. The first-order valence-corrected chi connectivity index (χ1v) is 13.9. The SMILES string of the molecule is CCc1ccccc1NC(=O)/C(=C/c1ccc(-c2cc(C=O)ccc2Cl)o1)C(=O)NI=S. The highest BCUT2D eigenvalue weighted by molar-refractivity contribution is 14.2. The fraction of sp³-hybridized carbons (Fsp3) is 0.0870. The van der Waals surface area contributed by atoms with Crippen molar-refractivity contribution in [2.24, 2.45) is 0 Å². The zero-order valence-corrected chi connectivity index (χ0v) is 20.6. The summed E-state index contributed by atoms with van der Waals surface area (Å²) in [7, 11) is 4.93. The van der Waals surface area contributed by atoms with Crippen LogP contribution in [0.4, 0.5) is 5.69 Å². The van der Waals surface area contributed by atoms with Gasteiger partial charge in [-0.25, -0.2) is 0 Å². The third kappa shape index (κ3) is 5.76. The van der Waals surface area contributed by atoms with Crippen molar-refractivity contribution in [3.05, 3.63) is 82.1 Å². The molecule has 6 nitrogen and oxygen atoms in total. The van der Waals surface area contributed by atoms with Gasteiger partial charge in [0.2, 0.25) is 0 Å². The summed E-state index contributed by atoms with van der Waals surface area (Å²) in [5.41, 5.74) is 2.42. The van der Waals surface area contributed by atoms with E-state index in [1.54, 1.807) is 36.4 Å². The summed E-state index contributed by atoms with van der Waals surface area (Å²) in [6, 6.07) is 15.4. The number of furan rings is 1. The van der Waals surface area contributed by atoms with E-state index >= 15 is 0 Å². The number of anilines is 1. The molecule has 0 spiro atoms. The van der Waals surface area contributed by atoms with Gasteiger partial charge in [0.25, 0.3) is 11.8 Å². The molecular formula is C23H18ClIN2O4S. The van der Waals surface area contributed by atoms with Crippen LogP contribution >= 0.6 is 40.4 Å². The second-order valence-corrected chi connectivity index (χ2v) is 9.00. The number of hydrogen-bond acceptors (Lipinski definition) is 5. The Kier molecular flexibility index (Phi) is 8.43. The molecule has 0 unspecified atom stereocenters. The lowest BCUT2D eigenvalue weighted by Crippen LogP contribution is -2.26. The van der Waals surface area contributed by atoms with E-state index in [-0.39, 0.29) is 11.3 Å². The number of carbonyl (C=O) groups is 3. The van der Waals surface area contributed by atoms with Gasteiger partial charge in [-0.1, -0.05) is 42.8 Å². The van der Waals surface area contributed by atoms with Crippen molar-refractivity contribution in [1.29, 1.82) is 0 Å². The van der Waals surface area contributed by atoms with Crippen LogP contribution in [0.1, 0.15) is 28.6 Å². The van der Waals surface area contributed by atoms with Crippen LogP contribution in [0.2, 0.25) is 5.02 Å². The molecule has 0 radical (unpaired) electrons. The minimum Gasteiger partial charge on any atom is -0.457 e. The summed E-state index contributed by atoms with van der Waals surface area (Å²) in [5.74, 6) is -0.468. The molecule has 2 aromatic carbocycles. The van der Waals surface area contributed by atoms with Gasteiger partial charge in [0.05, 0.1) is 24.6 Å². The Balaban J connectivity index is 1.95. The number of halogens is 2. The molecule has 0 atom stereocenters. The van der Waals surface area contributed by atoms with Crippen molar-refractivity contribution in [3.63, 3.8) is 0 Å². The molecule has 0 aliphatic heterocycles. The Labute approximate surface area is 203 Å². The van der Waals surface area contributed by atoms with Crippen LogP contribution in [0.3, 0.4) is 0 Å². The lowest BCUT2D eigenvalue weighted by atomic mass is 10.1. The first-order chi connectivity index (χ1) is 15.5. The van der Waals surface area contributed by atoms with Crippen LogP contribution in [0.15, 0.2) is 64.6 Å². The monoisotopic (exact) mass is 580 g/mol. The Morgan fingerprint density at radius 2 is 1.91 bits per heavy atom. The molecule has 2 amide bonds. The third-order valence-electron chi connectivity index (χ3n) is 4.57. The molecule has 0 fully saturated rings. The molecule has 9 heteroatoms. The van der Waals surface area contributed by atoms with E-state index in [0.29, 0.717) is 33.9 Å². The van der Waals surface area contributed by atoms with Gasteiger partial charge >= 0.3 is 0 Å². The molecule has 3 rings (SSSR count). The van der Waals surface area contributed by atoms with Gasteiger partial charge in [-0.05, 0) is 57.7 Å². The molecule has 1 heterocycles. The maximum Gasteiger partial charge on any atom is 0.265 e. The van der Waals surface area contributed by atoms with E-state index in [4.69, 9.17) is 25.3 Å². The Morgan fingerprint density at radius 1 is 1.12 bits per heavy atom. The van der Waals surface area contributed by atoms with Crippen molar-refractivity contribution in [3.8, 4) is 11.3 Å². The van der Waals surface area contributed by atoms with Gasteiger partial charge in [0, 0.05) is 16.8 Å². The fourth-order valence-electron chi connectivity index (χ4n) is 2.98. The van der Waals surface area contributed by atoms with Gasteiger partial charge in [-0.15, -0.1) is 0 Å². The smallest absolute Gasteiger partial charge is 0.265 e. The first kappa shape index (κ1) is 24.0. The van der Waals surface area contributed by atoms with E-state index in [2.05, 4.69) is 8.85 Å². The highest BCUT2D eigenvalue weighted by Crippen LogP contribution is 2.31. The zero-order chi connectivity index (χ0) is 23.1. The minimum absolute atomic E-state index is 0.130. The van der Waals surface area contributed by atoms with Crippen LogP contribution in [0.5, 0.6) is 0 Å². The number of hydrogen-bond donors (Lipinski definition) is 2. The number of aldehydes is 1. The lowest BCUT2D eigenvalue weighted by Gasteiger charge is -2.11. The first-order valence-electron chi connectivity index (χ1n) is 9.49. The quantitative estimate of drug-likeness (QED) is 0.0838. The molecule has 0 bridgehead atoms. The average Bonchev–Trinajstić information content (AvgIpc) is 3.26. The van der Waals surface area contributed by atoms with Gasteiger partial charge < -0.3 is 9.73 Å². The number of amides is 2. The Morgan fingerprint density at radius 3 is 2.62 bits per heavy atom. The summed E-state index contributed by atoms with van der Waals surface area (Å²) in [6.45, 7) is 1.98. The van der Waals surface area contributed by atoms with Crippen molar-refractivity contribution in [2.75, 3.05) is 5.32 Å². The molecule has 0 aliphatic carbocycles. The number of carbonyl (C=O) groups excluding carboxylic acids is 3. The van der Waals surface area contributed by atoms with Gasteiger partial charge in [-0.3, -0.25) is 17.9 Å². The van der Waals surface area contributed by atoms with Gasteiger partial charge in [0.1, 0.15) is 23.4 Å². The summed E-state index contributed by atoms with van der Waals surface area (Å²) in [5, 5.41) is 3.20. The maximum absolute atomic E-state index is 13.0. The molecule has 2 N–H and O–H groups in total. The number of para-hydroxylation sites is 1. The van der Waals surface area contributed by atoms with Crippen molar-refractivity contribution in [1.82, 2.24) is 3.53 Å². The van der Waals surface area contributed by atoms with E-state index in [1.165, 1.54) is 6.08 Å². The molecule has 3 aromatic rings. The third-order valence-corrected chi connectivity index (χ3v) is 6.12. The minimum atomic E-state index is -0.998. The summed E-state index contributed by atoms with van der Waals surface area (Å²) < 4.78 is 8.38. The normalized spacial score (nSPS) is 11.1. The zero-order valence-electron chi connectivity index (χ0n) is 16.9. The highest BCUT2D eigenvalue weighted by atomic mass is 127. The van der Waals surface area contributed by atoms with E-state index in [9.17, 15) is 14.4 Å². The van der Waals surface area contributed by atoms with Gasteiger partial charge in [0.15, 0.2) is 0 Å². The second kappa shape index (κ2) is 11.3. The Hall–Kier alpha value is -2.69. The van der Waals surface area contributed by atoms with E-state index in [0.717, 1.165) is 12.0 Å². The van der Waals surface area contributed by atoms with Crippen molar-refractivity contribution < 1.29 is 18.8 Å². The number of aryl methyl sites for hydroxylation is 1. The van der Waals surface area contributed by atoms with E-state index in [1.807, 2.05) is 25.1 Å². The molecule has 32 heavy (non-hydrogen) atoms. The lowest BCUT2D eigenvalue weighted by molar-refractivity contribution is -0.119. The predicted octanol–water partition coefficient (Wildman–Crippen LogP) is 6.11. The molecule has 1 aromatic heterocycles. The maximum atomic E-state index is 13.0. The highest BCUT2D eigenvalue weighted by Gasteiger charge is 2.20. The van der Waals surface area contributed by atoms with Crippen LogP contribution in [-0.2, 0) is 16.0 Å². The second-order valence-electron chi connectivity index (χ2n) is 6.58. The standard InChI is InChI=1S/C23H18ClIN2O4S/c1-2-15-5-3-4-6-20(15)26-22(29)18(23(30)27-25-32)12-16-8-10-21(31-16)17-11-14(13-28)7-9-19(17)24/h3-13H,2H2,1H3,(H,26,29)(H,27,30,32)/b18-12-. The van der Waals surface area contributed by atoms with Crippen LogP contribution in [0, 0.1) is 0 Å². The van der Waals surface area contributed by atoms with Crippen LogP contribution < -0.4 is 8.85 Å². The number of benzene rings is 2. The van der Waals surface area contributed by atoms with E-state index < -0.39 is 31.3 Å². The summed E-state index contributed by atoms with van der Waals surface area (Å²) in [4.78, 5) is 36.6. The summed E-state index contributed by atoms with van der Waals surface area (Å²) in [6.07, 6.45) is 2.79.